The monoisotopic (exact) mass is 501 g/mol. The number of halogens is 1. The second-order valence-electron chi connectivity index (χ2n) is 6.26. The predicted molar refractivity (Wildman–Crippen MR) is 124 cm³/mol. The summed E-state index contributed by atoms with van der Waals surface area (Å²) in [6.07, 6.45) is 4.05. The van der Waals surface area contributed by atoms with Crippen molar-refractivity contribution in [3.05, 3.63) is 41.4 Å². The van der Waals surface area contributed by atoms with E-state index in [1.807, 2.05) is 29.7 Å². The Labute approximate surface area is 182 Å². The molecule has 1 aliphatic rings. The minimum Gasteiger partial charge on any atom is -0.481 e. The molecule has 0 amide bonds. The van der Waals surface area contributed by atoms with Crippen molar-refractivity contribution in [3.63, 3.8) is 0 Å². The molecule has 8 heteroatoms. The summed E-state index contributed by atoms with van der Waals surface area (Å²) in [5.74, 6) is 1.50. The number of rotatable bonds is 6. The first-order chi connectivity index (χ1) is 12.8. The molecule has 1 fully saturated rings. The second-order valence-corrected chi connectivity index (χ2v) is 7.19. The largest absolute Gasteiger partial charge is 0.481 e. The molecule has 2 N–H and O–H groups in total. The second kappa shape index (κ2) is 11.3. The van der Waals surface area contributed by atoms with Crippen LogP contribution in [-0.2, 0) is 6.54 Å². The van der Waals surface area contributed by atoms with E-state index in [1.165, 1.54) is 5.00 Å². The highest BCUT2D eigenvalue weighted by atomic mass is 127. The highest BCUT2D eigenvalue weighted by molar-refractivity contribution is 14.0. The van der Waals surface area contributed by atoms with Gasteiger partial charge in [-0.05, 0) is 42.8 Å². The lowest BCUT2D eigenvalue weighted by molar-refractivity contribution is 0.397. The number of piperidine rings is 1. The molecule has 3 heterocycles. The predicted octanol–water partition coefficient (Wildman–Crippen LogP) is 3.49. The smallest absolute Gasteiger partial charge is 0.212 e. The molecule has 0 aromatic carbocycles. The summed E-state index contributed by atoms with van der Waals surface area (Å²) in [4.78, 5) is 11.4. The molecule has 148 valence electrons. The fourth-order valence-corrected chi connectivity index (χ4v) is 3.79. The van der Waals surface area contributed by atoms with E-state index in [0.29, 0.717) is 18.5 Å². The minimum absolute atomic E-state index is 0. The third-order valence-electron chi connectivity index (χ3n) is 4.42. The van der Waals surface area contributed by atoms with Gasteiger partial charge in [-0.3, -0.25) is 0 Å². The molecule has 0 spiro atoms. The van der Waals surface area contributed by atoms with E-state index in [2.05, 4.69) is 45.0 Å². The molecular formula is C19H28IN5OS. The van der Waals surface area contributed by atoms with E-state index in [9.17, 15) is 0 Å². The fraction of sp³-hybridized carbons (Fsp3) is 0.474. The molecule has 6 nitrogen and oxygen atoms in total. The number of pyridine rings is 1. The Morgan fingerprint density at radius 3 is 2.74 bits per heavy atom. The zero-order valence-electron chi connectivity index (χ0n) is 15.9. The summed E-state index contributed by atoms with van der Waals surface area (Å²) in [7, 11) is 1.62. The number of ether oxygens (including phenoxy) is 1. The number of methoxy groups -OCH3 is 1. The van der Waals surface area contributed by atoms with E-state index in [0.717, 1.165) is 44.0 Å². The Kier molecular flexibility index (Phi) is 9.12. The maximum atomic E-state index is 5.09. The quantitative estimate of drug-likeness (QED) is 0.361. The van der Waals surface area contributed by atoms with Gasteiger partial charge in [0.1, 0.15) is 0 Å². The van der Waals surface area contributed by atoms with E-state index in [4.69, 9.17) is 9.73 Å². The zero-order chi connectivity index (χ0) is 18.2. The molecule has 0 atom stereocenters. The van der Waals surface area contributed by atoms with Gasteiger partial charge in [0.15, 0.2) is 5.96 Å². The van der Waals surface area contributed by atoms with Crippen LogP contribution in [0.4, 0.5) is 5.00 Å². The van der Waals surface area contributed by atoms with Gasteiger partial charge >= 0.3 is 0 Å². The van der Waals surface area contributed by atoms with E-state index in [-0.39, 0.29) is 24.0 Å². The van der Waals surface area contributed by atoms with Gasteiger partial charge in [0.05, 0.1) is 18.7 Å². The highest BCUT2D eigenvalue weighted by Gasteiger charge is 2.20. The van der Waals surface area contributed by atoms with Gasteiger partial charge < -0.3 is 20.3 Å². The van der Waals surface area contributed by atoms with E-state index >= 15 is 0 Å². The molecule has 2 aromatic rings. The van der Waals surface area contributed by atoms with Crippen LogP contribution in [0.5, 0.6) is 5.88 Å². The van der Waals surface area contributed by atoms with E-state index < -0.39 is 0 Å². The Morgan fingerprint density at radius 2 is 2.15 bits per heavy atom. The van der Waals surface area contributed by atoms with Gasteiger partial charge in [-0.25, -0.2) is 9.98 Å². The number of aliphatic imine (C=N–C) groups is 1. The average Bonchev–Trinajstić information content (AvgIpc) is 3.22. The summed E-state index contributed by atoms with van der Waals surface area (Å²) < 4.78 is 5.09. The van der Waals surface area contributed by atoms with Gasteiger partial charge in [-0.2, -0.15) is 0 Å². The molecule has 0 unspecified atom stereocenters. The van der Waals surface area contributed by atoms with Crippen LogP contribution in [0.25, 0.3) is 0 Å². The number of anilines is 1. The third kappa shape index (κ3) is 6.53. The van der Waals surface area contributed by atoms with E-state index in [1.54, 1.807) is 7.11 Å². The molecule has 0 bridgehead atoms. The highest BCUT2D eigenvalue weighted by Crippen LogP contribution is 2.24. The molecule has 1 saturated heterocycles. The lowest BCUT2D eigenvalue weighted by Crippen LogP contribution is -2.48. The van der Waals surface area contributed by atoms with Gasteiger partial charge in [0.25, 0.3) is 0 Å². The van der Waals surface area contributed by atoms with Crippen molar-refractivity contribution in [2.45, 2.75) is 32.4 Å². The molecule has 27 heavy (non-hydrogen) atoms. The maximum Gasteiger partial charge on any atom is 0.212 e. The SMILES string of the molecule is CCNC(=NCc1ccc(OC)nc1)NC1CCN(c2cccs2)CC1.I. The number of hydrogen-bond donors (Lipinski definition) is 2. The standard InChI is InChI=1S/C19H27N5OS.HI/c1-3-20-19(22-14-15-6-7-17(25-2)21-13-15)23-16-8-10-24(11-9-16)18-5-4-12-26-18;/h4-7,12-13,16H,3,8-11,14H2,1-2H3,(H2,20,22,23);1H. The lowest BCUT2D eigenvalue weighted by Gasteiger charge is -2.33. The average molecular weight is 501 g/mol. The van der Waals surface area contributed by atoms with Gasteiger partial charge in [-0.15, -0.1) is 35.3 Å². The maximum absolute atomic E-state index is 5.09. The molecule has 0 radical (unpaired) electrons. The van der Waals surface area contributed by atoms with Crippen LogP contribution in [-0.4, -0.2) is 43.7 Å². The number of nitrogens with one attached hydrogen (secondary N) is 2. The number of thiophene rings is 1. The Balaban J connectivity index is 0.00000261. The summed E-state index contributed by atoms with van der Waals surface area (Å²) >= 11 is 1.82. The van der Waals surface area contributed by atoms with Crippen LogP contribution < -0.4 is 20.3 Å². The van der Waals surface area contributed by atoms with Crippen molar-refractivity contribution < 1.29 is 4.74 Å². The summed E-state index contributed by atoms with van der Waals surface area (Å²) in [6.45, 7) is 5.70. The molecular weight excluding hydrogens is 473 g/mol. The van der Waals surface area contributed by atoms with Crippen LogP contribution >= 0.6 is 35.3 Å². The van der Waals surface area contributed by atoms with Gasteiger partial charge in [0.2, 0.25) is 5.88 Å². The Bertz CT molecular complexity index is 685. The molecule has 2 aromatic heterocycles. The van der Waals surface area contributed by atoms with Crippen LogP contribution in [0.3, 0.4) is 0 Å². The number of guanidine groups is 1. The first-order valence-electron chi connectivity index (χ1n) is 9.10. The van der Waals surface area contributed by atoms with Crippen molar-refractivity contribution >= 4 is 46.3 Å². The Hall–Kier alpha value is -1.55. The van der Waals surface area contributed by atoms with Crippen molar-refractivity contribution in [2.24, 2.45) is 4.99 Å². The van der Waals surface area contributed by atoms with Crippen molar-refractivity contribution in [1.29, 1.82) is 0 Å². The molecule has 1 aliphatic heterocycles. The van der Waals surface area contributed by atoms with Crippen LogP contribution in [0.2, 0.25) is 0 Å². The van der Waals surface area contributed by atoms with Crippen LogP contribution in [0, 0.1) is 0 Å². The Morgan fingerprint density at radius 1 is 1.33 bits per heavy atom. The van der Waals surface area contributed by atoms with Crippen molar-refractivity contribution in [3.8, 4) is 5.88 Å². The first kappa shape index (κ1) is 21.7. The third-order valence-corrected chi connectivity index (χ3v) is 5.35. The summed E-state index contributed by atoms with van der Waals surface area (Å²) in [6, 6.07) is 8.64. The van der Waals surface area contributed by atoms with Crippen molar-refractivity contribution in [2.75, 3.05) is 31.6 Å². The number of aromatic nitrogens is 1. The van der Waals surface area contributed by atoms with Crippen LogP contribution in [0.1, 0.15) is 25.3 Å². The van der Waals surface area contributed by atoms with Crippen LogP contribution in [0.15, 0.2) is 40.8 Å². The minimum atomic E-state index is 0. The summed E-state index contributed by atoms with van der Waals surface area (Å²) in [5.41, 5.74) is 1.07. The van der Waals surface area contributed by atoms with Crippen molar-refractivity contribution in [1.82, 2.24) is 15.6 Å². The number of hydrogen-bond acceptors (Lipinski definition) is 5. The number of nitrogens with zero attached hydrogens (tertiary/aromatic N) is 3. The lowest BCUT2D eigenvalue weighted by atomic mass is 10.1. The van der Waals surface area contributed by atoms with Gasteiger partial charge in [-0.1, -0.05) is 6.07 Å². The topological polar surface area (TPSA) is 61.8 Å². The van der Waals surface area contributed by atoms with Gasteiger partial charge in [0, 0.05) is 37.9 Å². The summed E-state index contributed by atoms with van der Waals surface area (Å²) in [5, 5.41) is 10.4. The first-order valence-corrected chi connectivity index (χ1v) is 9.98. The molecule has 3 rings (SSSR count). The molecule has 0 aliphatic carbocycles. The fourth-order valence-electron chi connectivity index (χ4n) is 3.00. The zero-order valence-corrected chi connectivity index (χ0v) is 19.0. The normalized spacial score (nSPS) is 15.2. The molecule has 0 saturated carbocycles.